The van der Waals surface area contributed by atoms with E-state index in [1.807, 2.05) is 0 Å². The normalized spacial score (nSPS) is 10.5. The van der Waals surface area contributed by atoms with Crippen LogP contribution >= 0.6 is 0 Å². The van der Waals surface area contributed by atoms with Crippen LogP contribution in [0, 0.1) is 17.5 Å². The summed E-state index contributed by atoms with van der Waals surface area (Å²) in [6.45, 7) is 2.09. The van der Waals surface area contributed by atoms with Crippen molar-refractivity contribution in [3.63, 3.8) is 0 Å². The molecule has 72 valence electrons. The summed E-state index contributed by atoms with van der Waals surface area (Å²) in [6.07, 6.45) is 0. The van der Waals surface area contributed by atoms with Crippen LogP contribution in [-0.4, -0.2) is 6.61 Å². The predicted octanol–water partition coefficient (Wildman–Crippen LogP) is 2.64. The molecule has 0 unspecified atom stereocenters. The molecule has 13 heavy (non-hydrogen) atoms. The van der Waals surface area contributed by atoms with E-state index in [2.05, 4.69) is 0 Å². The second-order valence-electron chi connectivity index (χ2n) is 2.49. The van der Waals surface area contributed by atoms with Crippen LogP contribution in [-0.2, 0) is 11.3 Å². The van der Waals surface area contributed by atoms with Gasteiger partial charge in [0.1, 0.15) is 5.82 Å². The Hall–Kier alpha value is -1.03. The molecule has 1 aromatic rings. The fraction of sp³-hybridized carbons (Fsp3) is 0.333. The van der Waals surface area contributed by atoms with Gasteiger partial charge < -0.3 is 4.74 Å². The Labute approximate surface area is 74.1 Å². The second-order valence-corrected chi connectivity index (χ2v) is 2.49. The summed E-state index contributed by atoms with van der Waals surface area (Å²) in [7, 11) is 0. The highest BCUT2D eigenvalue weighted by molar-refractivity contribution is 5.19. The summed E-state index contributed by atoms with van der Waals surface area (Å²) < 4.78 is 42.7. The average Bonchev–Trinajstić information content (AvgIpc) is 2.09. The summed E-state index contributed by atoms with van der Waals surface area (Å²) in [6, 6.07) is 1.32. The minimum absolute atomic E-state index is 0.0285. The van der Waals surface area contributed by atoms with Gasteiger partial charge in [0.15, 0.2) is 11.6 Å². The predicted molar refractivity (Wildman–Crippen MR) is 41.6 cm³/mol. The molecule has 0 N–H and O–H groups in total. The topological polar surface area (TPSA) is 9.23 Å². The van der Waals surface area contributed by atoms with Crippen molar-refractivity contribution >= 4 is 0 Å². The average molecular weight is 190 g/mol. The summed E-state index contributed by atoms with van der Waals surface area (Å²) in [5.41, 5.74) is 0.0285. The Morgan fingerprint density at radius 2 is 1.69 bits per heavy atom. The van der Waals surface area contributed by atoms with Crippen LogP contribution < -0.4 is 0 Å². The molecule has 0 radical (unpaired) electrons. The molecule has 0 saturated heterocycles. The van der Waals surface area contributed by atoms with Gasteiger partial charge in [0.05, 0.1) is 6.61 Å². The van der Waals surface area contributed by atoms with E-state index >= 15 is 0 Å². The molecule has 1 nitrogen and oxygen atoms in total. The van der Waals surface area contributed by atoms with Crippen molar-refractivity contribution in [1.82, 2.24) is 0 Å². The molecular weight excluding hydrogens is 181 g/mol. The van der Waals surface area contributed by atoms with E-state index in [1.54, 1.807) is 6.92 Å². The molecule has 4 heteroatoms. The Balaban J connectivity index is 2.88. The number of halogens is 3. The van der Waals surface area contributed by atoms with Gasteiger partial charge in [0.25, 0.3) is 0 Å². The first-order valence-corrected chi connectivity index (χ1v) is 3.86. The molecular formula is C9H9F3O. The van der Waals surface area contributed by atoms with Crippen molar-refractivity contribution in [2.45, 2.75) is 13.5 Å². The van der Waals surface area contributed by atoms with Gasteiger partial charge in [-0.25, -0.2) is 13.2 Å². The molecule has 0 aliphatic heterocycles. The maximum absolute atomic E-state index is 12.9. The Kier molecular flexibility index (Phi) is 3.31. The lowest BCUT2D eigenvalue weighted by Crippen LogP contribution is -1.98. The van der Waals surface area contributed by atoms with E-state index in [-0.39, 0.29) is 12.2 Å². The SMILES string of the molecule is CCOCc1cc(F)c(F)cc1F. The summed E-state index contributed by atoms with van der Waals surface area (Å²) in [5.74, 6) is -3.03. The second kappa shape index (κ2) is 4.28. The maximum atomic E-state index is 12.9. The van der Waals surface area contributed by atoms with Gasteiger partial charge in [-0.15, -0.1) is 0 Å². The zero-order valence-electron chi connectivity index (χ0n) is 7.11. The number of benzene rings is 1. The van der Waals surface area contributed by atoms with Crippen LogP contribution in [0.5, 0.6) is 0 Å². The van der Waals surface area contributed by atoms with Crippen molar-refractivity contribution in [2.75, 3.05) is 6.61 Å². The Morgan fingerprint density at radius 1 is 1.08 bits per heavy atom. The highest BCUT2D eigenvalue weighted by atomic mass is 19.2. The van der Waals surface area contributed by atoms with Crippen LogP contribution in [0.15, 0.2) is 12.1 Å². The third-order valence-electron chi connectivity index (χ3n) is 1.55. The fourth-order valence-corrected chi connectivity index (χ4v) is 0.886. The van der Waals surface area contributed by atoms with Crippen molar-refractivity contribution < 1.29 is 17.9 Å². The van der Waals surface area contributed by atoms with Crippen molar-refractivity contribution in [3.05, 3.63) is 35.1 Å². The first kappa shape index (κ1) is 10.1. The van der Waals surface area contributed by atoms with Gasteiger partial charge in [0.2, 0.25) is 0 Å². The van der Waals surface area contributed by atoms with E-state index in [9.17, 15) is 13.2 Å². The number of ether oxygens (including phenoxy) is 1. The fourth-order valence-electron chi connectivity index (χ4n) is 0.886. The molecule has 0 amide bonds. The summed E-state index contributed by atoms with van der Waals surface area (Å²) in [5, 5.41) is 0. The van der Waals surface area contributed by atoms with E-state index in [0.29, 0.717) is 12.7 Å². The smallest absolute Gasteiger partial charge is 0.161 e. The highest BCUT2D eigenvalue weighted by Gasteiger charge is 2.08. The first-order valence-electron chi connectivity index (χ1n) is 3.86. The summed E-state index contributed by atoms with van der Waals surface area (Å²) in [4.78, 5) is 0. The third kappa shape index (κ3) is 2.45. The first-order chi connectivity index (χ1) is 6.15. The molecule has 0 spiro atoms. The zero-order valence-corrected chi connectivity index (χ0v) is 7.11. The molecule has 0 atom stereocenters. The standard InChI is InChI=1S/C9H9F3O/c1-2-13-5-6-3-8(11)9(12)4-7(6)10/h3-4H,2,5H2,1H3. The number of hydrogen-bond donors (Lipinski definition) is 0. The van der Waals surface area contributed by atoms with Crippen LogP contribution in [0.2, 0.25) is 0 Å². The van der Waals surface area contributed by atoms with Gasteiger partial charge in [-0.05, 0) is 13.0 Å². The third-order valence-corrected chi connectivity index (χ3v) is 1.55. The van der Waals surface area contributed by atoms with Crippen molar-refractivity contribution in [2.24, 2.45) is 0 Å². The molecule has 1 aromatic carbocycles. The summed E-state index contributed by atoms with van der Waals surface area (Å²) >= 11 is 0. The quantitative estimate of drug-likeness (QED) is 0.666. The Morgan fingerprint density at radius 3 is 2.31 bits per heavy atom. The minimum atomic E-state index is -1.18. The largest absolute Gasteiger partial charge is 0.377 e. The van der Waals surface area contributed by atoms with Crippen LogP contribution in [0.3, 0.4) is 0 Å². The van der Waals surface area contributed by atoms with Crippen LogP contribution in [0.4, 0.5) is 13.2 Å². The molecule has 1 rings (SSSR count). The monoisotopic (exact) mass is 190 g/mol. The van der Waals surface area contributed by atoms with Crippen molar-refractivity contribution in [1.29, 1.82) is 0 Å². The van der Waals surface area contributed by atoms with Gasteiger partial charge in [-0.1, -0.05) is 0 Å². The Bertz CT molecular complexity index is 299. The van der Waals surface area contributed by atoms with Gasteiger partial charge in [-0.2, -0.15) is 0 Å². The van der Waals surface area contributed by atoms with E-state index < -0.39 is 17.5 Å². The van der Waals surface area contributed by atoms with E-state index in [4.69, 9.17) is 4.74 Å². The van der Waals surface area contributed by atoms with Gasteiger partial charge >= 0.3 is 0 Å². The van der Waals surface area contributed by atoms with Crippen molar-refractivity contribution in [3.8, 4) is 0 Å². The molecule has 0 aliphatic carbocycles. The van der Waals surface area contributed by atoms with E-state index in [1.165, 1.54) is 0 Å². The van der Waals surface area contributed by atoms with E-state index in [0.717, 1.165) is 6.07 Å². The molecule has 0 bridgehead atoms. The lowest BCUT2D eigenvalue weighted by atomic mass is 10.2. The number of hydrogen-bond acceptors (Lipinski definition) is 1. The lowest BCUT2D eigenvalue weighted by molar-refractivity contribution is 0.131. The van der Waals surface area contributed by atoms with Crippen LogP contribution in [0.25, 0.3) is 0 Å². The zero-order chi connectivity index (χ0) is 9.84. The highest BCUT2D eigenvalue weighted by Crippen LogP contribution is 2.14. The van der Waals surface area contributed by atoms with Gasteiger partial charge in [0, 0.05) is 18.2 Å². The lowest BCUT2D eigenvalue weighted by Gasteiger charge is -2.03. The maximum Gasteiger partial charge on any atom is 0.161 e. The molecule has 0 fully saturated rings. The number of rotatable bonds is 3. The van der Waals surface area contributed by atoms with Gasteiger partial charge in [-0.3, -0.25) is 0 Å². The van der Waals surface area contributed by atoms with Crippen LogP contribution in [0.1, 0.15) is 12.5 Å². The molecule has 0 heterocycles. The minimum Gasteiger partial charge on any atom is -0.377 e. The molecule has 0 aliphatic rings. The molecule has 0 aromatic heterocycles. The molecule has 0 saturated carbocycles.